The lowest BCUT2D eigenvalue weighted by molar-refractivity contribution is -0.139. The monoisotopic (exact) mass is 394 g/mol. The second-order valence-corrected chi connectivity index (χ2v) is 8.62. The smallest absolute Gasteiger partial charge is 0.326 e. The minimum Gasteiger partial charge on any atom is -0.480 e. The molecule has 2 N–H and O–H groups in total. The molecule has 24 heavy (non-hydrogen) atoms. The Balaban J connectivity index is 3.12. The van der Waals surface area contributed by atoms with Crippen LogP contribution < -0.4 is 5.32 Å². The Bertz CT molecular complexity index is 722. The van der Waals surface area contributed by atoms with E-state index in [0.717, 1.165) is 10.4 Å². The highest BCUT2D eigenvalue weighted by Crippen LogP contribution is 2.22. The van der Waals surface area contributed by atoms with Crippen LogP contribution in [0.25, 0.3) is 0 Å². The first-order chi connectivity index (χ1) is 11.1. The number of carboxylic acids is 1. The second kappa shape index (κ2) is 8.70. The van der Waals surface area contributed by atoms with Crippen LogP contribution in [0.1, 0.15) is 16.8 Å². The first kappa shape index (κ1) is 20.8. The molecule has 0 aliphatic carbocycles. The van der Waals surface area contributed by atoms with Crippen LogP contribution in [0.3, 0.4) is 0 Å². The summed E-state index contributed by atoms with van der Waals surface area (Å²) in [5, 5.41) is 11.6. The SMILES string of the molecule is CSCC[C@H](NC(=O)c1cc(S(=O)(=O)N(C)C)ccc1Cl)C(=O)O. The van der Waals surface area contributed by atoms with Gasteiger partial charge in [0.05, 0.1) is 15.5 Å². The average molecular weight is 395 g/mol. The molecule has 0 fully saturated rings. The van der Waals surface area contributed by atoms with Crippen LogP contribution in [-0.4, -0.2) is 61.9 Å². The fourth-order valence-corrected chi connectivity index (χ4v) is 3.38. The van der Waals surface area contributed by atoms with E-state index < -0.39 is 27.9 Å². The number of thioether (sulfide) groups is 1. The molecular formula is C14H19ClN2O5S2. The zero-order valence-corrected chi connectivity index (χ0v) is 15.8. The molecule has 0 aromatic heterocycles. The largest absolute Gasteiger partial charge is 0.480 e. The summed E-state index contributed by atoms with van der Waals surface area (Å²) >= 11 is 7.42. The zero-order chi connectivity index (χ0) is 18.5. The Morgan fingerprint density at radius 1 is 1.38 bits per heavy atom. The molecule has 0 radical (unpaired) electrons. The van der Waals surface area contributed by atoms with Gasteiger partial charge >= 0.3 is 5.97 Å². The summed E-state index contributed by atoms with van der Waals surface area (Å²) in [5.41, 5.74) is -0.0880. The standard InChI is InChI=1S/C14H19ClN2O5S2/c1-17(2)24(21,22)9-4-5-11(15)10(8-9)13(18)16-12(14(19)20)6-7-23-3/h4-5,8,12H,6-7H2,1-3H3,(H,16,18)(H,19,20)/t12-/m0/s1. The minimum absolute atomic E-state index is 0.0409. The number of nitrogens with one attached hydrogen (secondary N) is 1. The number of benzene rings is 1. The maximum atomic E-state index is 12.3. The molecule has 0 spiro atoms. The molecule has 0 saturated carbocycles. The average Bonchev–Trinajstić information content (AvgIpc) is 2.50. The van der Waals surface area contributed by atoms with Gasteiger partial charge in [0.25, 0.3) is 5.91 Å². The van der Waals surface area contributed by atoms with Gasteiger partial charge in [0.1, 0.15) is 6.04 Å². The fourth-order valence-electron chi connectivity index (χ4n) is 1.78. The van der Waals surface area contributed by atoms with Crippen LogP contribution in [0, 0.1) is 0 Å². The molecule has 134 valence electrons. The lowest BCUT2D eigenvalue weighted by Crippen LogP contribution is -2.41. The van der Waals surface area contributed by atoms with Crippen molar-refractivity contribution in [2.45, 2.75) is 17.4 Å². The van der Waals surface area contributed by atoms with E-state index in [-0.39, 0.29) is 21.9 Å². The highest BCUT2D eigenvalue weighted by atomic mass is 35.5. The molecule has 0 bridgehead atoms. The molecule has 1 aromatic carbocycles. The van der Waals surface area contributed by atoms with Crippen LogP contribution in [-0.2, 0) is 14.8 Å². The highest BCUT2D eigenvalue weighted by molar-refractivity contribution is 7.98. The number of hydrogen-bond acceptors (Lipinski definition) is 5. The van der Waals surface area contributed by atoms with Gasteiger partial charge in [-0.1, -0.05) is 11.6 Å². The Hall–Kier alpha value is -1.29. The Morgan fingerprint density at radius 3 is 2.50 bits per heavy atom. The molecule has 1 rings (SSSR count). The van der Waals surface area contributed by atoms with Gasteiger partial charge in [-0.15, -0.1) is 0 Å². The number of carboxylic acid groups (broad SMARTS) is 1. The van der Waals surface area contributed by atoms with Gasteiger partial charge in [-0.3, -0.25) is 4.79 Å². The van der Waals surface area contributed by atoms with E-state index in [2.05, 4.69) is 5.32 Å². The number of nitrogens with zero attached hydrogens (tertiary/aromatic N) is 1. The fraction of sp³-hybridized carbons (Fsp3) is 0.429. The molecule has 10 heteroatoms. The number of aliphatic carboxylic acids is 1. The van der Waals surface area contributed by atoms with Crippen molar-refractivity contribution in [1.29, 1.82) is 0 Å². The molecular weight excluding hydrogens is 376 g/mol. The topological polar surface area (TPSA) is 104 Å². The van der Waals surface area contributed by atoms with E-state index in [9.17, 15) is 18.0 Å². The summed E-state index contributed by atoms with van der Waals surface area (Å²) in [7, 11) is -0.998. The number of amides is 1. The zero-order valence-electron chi connectivity index (χ0n) is 13.4. The molecule has 0 saturated heterocycles. The molecule has 1 aromatic rings. The van der Waals surface area contributed by atoms with E-state index in [4.69, 9.17) is 16.7 Å². The van der Waals surface area contributed by atoms with Crippen molar-refractivity contribution in [3.05, 3.63) is 28.8 Å². The Kier molecular flexibility index (Phi) is 7.53. The molecule has 0 heterocycles. The maximum absolute atomic E-state index is 12.3. The van der Waals surface area contributed by atoms with E-state index in [0.29, 0.717) is 5.75 Å². The highest BCUT2D eigenvalue weighted by Gasteiger charge is 2.24. The lowest BCUT2D eigenvalue weighted by Gasteiger charge is -2.16. The van der Waals surface area contributed by atoms with Gasteiger partial charge in [-0.25, -0.2) is 17.5 Å². The van der Waals surface area contributed by atoms with Crippen molar-refractivity contribution < 1.29 is 23.1 Å². The molecule has 0 unspecified atom stereocenters. The second-order valence-electron chi connectivity index (χ2n) is 5.07. The van der Waals surface area contributed by atoms with E-state index in [1.165, 1.54) is 38.0 Å². The molecule has 1 amide bonds. The van der Waals surface area contributed by atoms with Crippen molar-refractivity contribution in [3.8, 4) is 0 Å². The Labute approximate surface area is 150 Å². The first-order valence-electron chi connectivity index (χ1n) is 6.86. The number of carbonyl (C=O) groups excluding carboxylic acids is 1. The summed E-state index contributed by atoms with van der Waals surface area (Å²) in [6, 6.07) is 2.65. The van der Waals surface area contributed by atoms with Gasteiger partial charge in [-0.2, -0.15) is 11.8 Å². The molecule has 0 aliphatic rings. The van der Waals surface area contributed by atoms with Crippen molar-refractivity contribution in [3.63, 3.8) is 0 Å². The van der Waals surface area contributed by atoms with Crippen molar-refractivity contribution >= 4 is 45.3 Å². The van der Waals surface area contributed by atoms with Crippen LogP contribution in [0.4, 0.5) is 0 Å². The van der Waals surface area contributed by atoms with Crippen LogP contribution in [0.15, 0.2) is 23.1 Å². The predicted molar refractivity (Wildman–Crippen MR) is 94.2 cm³/mol. The summed E-state index contributed by atoms with van der Waals surface area (Å²) in [4.78, 5) is 23.4. The molecule has 7 nitrogen and oxygen atoms in total. The third-order valence-corrected chi connectivity index (χ3v) is 5.96. The summed E-state index contributed by atoms with van der Waals surface area (Å²) < 4.78 is 25.3. The summed E-state index contributed by atoms with van der Waals surface area (Å²) in [6.07, 6.45) is 2.07. The normalized spacial score (nSPS) is 12.9. The first-order valence-corrected chi connectivity index (χ1v) is 10.1. The van der Waals surface area contributed by atoms with Gasteiger partial charge < -0.3 is 10.4 Å². The number of halogens is 1. The summed E-state index contributed by atoms with van der Waals surface area (Å²) in [6.45, 7) is 0. The van der Waals surface area contributed by atoms with Crippen molar-refractivity contribution in [2.75, 3.05) is 26.1 Å². The maximum Gasteiger partial charge on any atom is 0.326 e. The third-order valence-electron chi connectivity index (χ3n) is 3.18. The quantitative estimate of drug-likeness (QED) is 0.692. The summed E-state index contributed by atoms with van der Waals surface area (Å²) in [5.74, 6) is -1.34. The predicted octanol–water partition coefficient (Wildman–Crippen LogP) is 1.53. The van der Waals surface area contributed by atoms with Gasteiger partial charge in [0.15, 0.2) is 0 Å². The third kappa shape index (κ3) is 5.10. The van der Waals surface area contributed by atoms with Crippen molar-refractivity contribution in [1.82, 2.24) is 9.62 Å². The van der Waals surface area contributed by atoms with Crippen LogP contribution in [0.5, 0.6) is 0 Å². The van der Waals surface area contributed by atoms with Crippen LogP contribution in [0.2, 0.25) is 5.02 Å². The van der Waals surface area contributed by atoms with Gasteiger partial charge in [-0.05, 0) is 36.6 Å². The Morgan fingerprint density at radius 2 is 2.00 bits per heavy atom. The number of carbonyl (C=O) groups is 2. The van der Waals surface area contributed by atoms with Crippen LogP contribution >= 0.6 is 23.4 Å². The van der Waals surface area contributed by atoms with Crippen molar-refractivity contribution in [2.24, 2.45) is 0 Å². The van der Waals surface area contributed by atoms with Gasteiger partial charge in [0.2, 0.25) is 10.0 Å². The van der Waals surface area contributed by atoms with E-state index >= 15 is 0 Å². The van der Waals surface area contributed by atoms with E-state index in [1.54, 1.807) is 0 Å². The lowest BCUT2D eigenvalue weighted by atomic mass is 10.1. The minimum atomic E-state index is -3.73. The number of hydrogen-bond donors (Lipinski definition) is 2. The molecule has 0 aliphatic heterocycles. The number of sulfonamides is 1. The number of rotatable bonds is 8. The molecule has 1 atom stereocenters. The van der Waals surface area contributed by atoms with Gasteiger partial charge in [0, 0.05) is 14.1 Å². The van der Waals surface area contributed by atoms with E-state index in [1.807, 2.05) is 6.26 Å².